The Morgan fingerprint density at radius 1 is 1.30 bits per heavy atom. The second-order valence-corrected chi connectivity index (χ2v) is 8.52. The Labute approximate surface area is 137 Å². The van der Waals surface area contributed by atoms with Crippen molar-refractivity contribution in [2.24, 2.45) is 5.92 Å². The van der Waals surface area contributed by atoms with Gasteiger partial charge in [0.15, 0.2) is 0 Å². The molecular formula is C16H24N2O4S. The summed E-state index contributed by atoms with van der Waals surface area (Å²) in [6.07, 6.45) is -0.530. The van der Waals surface area contributed by atoms with Crippen molar-refractivity contribution in [3.05, 3.63) is 35.4 Å². The number of hydrogen-bond donors (Lipinski definition) is 1. The van der Waals surface area contributed by atoms with E-state index in [1.165, 1.54) is 14.1 Å². The van der Waals surface area contributed by atoms with Crippen molar-refractivity contribution in [1.29, 1.82) is 0 Å². The fourth-order valence-corrected chi connectivity index (χ4v) is 3.89. The minimum absolute atomic E-state index is 0.0805. The van der Waals surface area contributed by atoms with Crippen molar-refractivity contribution in [2.75, 3.05) is 32.9 Å². The molecule has 0 radical (unpaired) electrons. The van der Waals surface area contributed by atoms with Crippen molar-refractivity contribution in [3.63, 3.8) is 0 Å². The minimum atomic E-state index is -3.39. The van der Waals surface area contributed by atoms with Crippen LogP contribution in [0.2, 0.25) is 0 Å². The molecule has 1 aliphatic rings. The molecule has 0 aliphatic carbocycles. The van der Waals surface area contributed by atoms with Gasteiger partial charge in [0.25, 0.3) is 0 Å². The zero-order chi connectivity index (χ0) is 17.2. The lowest BCUT2D eigenvalue weighted by atomic mass is 10.1. The molecule has 0 spiro atoms. The number of β-amino-alcohol motifs (C(OH)–C–C–N with tert-alkyl or cyclic N) is 1. The van der Waals surface area contributed by atoms with Gasteiger partial charge < -0.3 is 10.0 Å². The smallest absolute Gasteiger partial charge is 0.227 e. The Kier molecular flexibility index (Phi) is 5.44. The Hall–Kier alpha value is -1.44. The highest BCUT2D eigenvalue weighted by Crippen LogP contribution is 2.21. The molecule has 1 amide bonds. The largest absolute Gasteiger partial charge is 0.391 e. The number of aryl methyl sites for hydroxylation is 1. The monoisotopic (exact) mass is 340 g/mol. The van der Waals surface area contributed by atoms with E-state index in [2.05, 4.69) is 0 Å². The molecule has 7 heteroatoms. The van der Waals surface area contributed by atoms with Crippen LogP contribution in [-0.4, -0.2) is 67.7 Å². The number of carbonyl (C=O) groups excluding carboxylic acids is 1. The van der Waals surface area contributed by atoms with Crippen molar-refractivity contribution < 1.29 is 18.3 Å². The van der Waals surface area contributed by atoms with Crippen LogP contribution in [-0.2, 0) is 21.2 Å². The van der Waals surface area contributed by atoms with Crippen LogP contribution in [0, 0.1) is 12.8 Å². The quantitative estimate of drug-likeness (QED) is 0.833. The maximum absolute atomic E-state index is 12.4. The molecular weight excluding hydrogens is 316 g/mol. The lowest BCUT2D eigenvalue weighted by molar-refractivity contribution is -0.129. The van der Waals surface area contributed by atoms with E-state index in [-0.39, 0.29) is 31.2 Å². The fraction of sp³-hybridized carbons (Fsp3) is 0.562. The van der Waals surface area contributed by atoms with E-state index in [4.69, 9.17) is 0 Å². The number of likely N-dealkylation sites (tertiary alicyclic amines) is 1. The third kappa shape index (κ3) is 4.31. The standard InChI is InChI=1S/C16H24N2O4S/c1-12-6-4-5-7-13(12)8-16(20)18-9-14(15(19)10-18)11-23(21,22)17(2)3/h4-7,14-15,19H,8-11H2,1-3H3/t14-,15-/m0/s1. The van der Waals surface area contributed by atoms with Crippen LogP contribution in [0.15, 0.2) is 24.3 Å². The molecule has 0 aromatic heterocycles. The number of sulfonamides is 1. The van der Waals surface area contributed by atoms with Crippen LogP contribution in [0.3, 0.4) is 0 Å². The molecule has 1 fully saturated rings. The van der Waals surface area contributed by atoms with Gasteiger partial charge in [-0.15, -0.1) is 0 Å². The number of nitrogens with zero attached hydrogens (tertiary/aromatic N) is 2. The van der Waals surface area contributed by atoms with Gasteiger partial charge >= 0.3 is 0 Å². The van der Waals surface area contributed by atoms with Gasteiger partial charge in [-0.1, -0.05) is 24.3 Å². The summed E-state index contributed by atoms with van der Waals surface area (Å²) < 4.78 is 25.1. The van der Waals surface area contributed by atoms with E-state index in [1.54, 1.807) is 4.90 Å². The summed E-state index contributed by atoms with van der Waals surface area (Å²) >= 11 is 0. The van der Waals surface area contributed by atoms with E-state index < -0.39 is 22.0 Å². The summed E-state index contributed by atoms with van der Waals surface area (Å²) in [4.78, 5) is 14.0. The van der Waals surface area contributed by atoms with Crippen LogP contribution < -0.4 is 0 Å². The first-order chi connectivity index (χ1) is 10.7. The van der Waals surface area contributed by atoms with Gasteiger partial charge in [0.05, 0.1) is 18.3 Å². The van der Waals surface area contributed by atoms with E-state index in [0.717, 1.165) is 15.4 Å². The first kappa shape index (κ1) is 17.9. The lowest BCUT2D eigenvalue weighted by Crippen LogP contribution is -2.34. The van der Waals surface area contributed by atoms with Gasteiger partial charge in [0.1, 0.15) is 0 Å². The molecule has 1 saturated heterocycles. The van der Waals surface area contributed by atoms with Gasteiger partial charge in [-0.05, 0) is 18.1 Å². The molecule has 2 atom stereocenters. The van der Waals surface area contributed by atoms with E-state index in [1.807, 2.05) is 31.2 Å². The van der Waals surface area contributed by atoms with Gasteiger partial charge in [-0.3, -0.25) is 4.79 Å². The molecule has 23 heavy (non-hydrogen) atoms. The number of amides is 1. The van der Waals surface area contributed by atoms with Crippen LogP contribution >= 0.6 is 0 Å². The number of rotatable bonds is 5. The van der Waals surface area contributed by atoms with Crippen LogP contribution in [0.5, 0.6) is 0 Å². The molecule has 1 aromatic rings. The highest BCUT2D eigenvalue weighted by atomic mass is 32.2. The molecule has 1 heterocycles. The second-order valence-electron chi connectivity index (χ2n) is 6.29. The topological polar surface area (TPSA) is 77.9 Å². The summed E-state index contributed by atoms with van der Waals surface area (Å²) in [7, 11) is -0.454. The maximum Gasteiger partial charge on any atom is 0.227 e. The average Bonchev–Trinajstić information content (AvgIpc) is 2.82. The zero-order valence-corrected chi connectivity index (χ0v) is 14.6. The highest BCUT2D eigenvalue weighted by molar-refractivity contribution is 7.89. The normalized spacial score (nSPS) is 21.9. The Morgan fingerprint density at radius 2 is 1.96 bits per heavy atom. The Morgan fingerprint density at radius 3 is 2.57 bits per heavy atom. The lowest BCUT2D eigenvalue weighted by Gasteiger charge is -2.18. The van der Waals surface area contributed by atoms with Crippen molar-refractivity contribution in [2.45, 2.75) is 19.4 Å². The van der Waals surface area contributed by atoms with Crippen LogP contribution in [0.1, 0.15) is 11.1 Å². The molecule has 0 bridgehead atoms. The zero-order valence-electron chi connectivity index (χ0n) is 13.8. The van der Waals surface area contributed by atoms with E-state index >= 15 is 0 Å². The molecule has 0 saturated carbocycles. The summed E-state index contributed by atoms with van der Waals surface area (Å²) in [5, 5.41) is 10.1. The molecule has 6 nitrogen and oxygen atoms in total. The predicted molar refractivity (Wildman–Crippen MR) is 88.4 cm³/mol. The number of benzene rings is 1. The summed E-state index contributed by atoms with van der Waals surface area (Å²) in [6, 6.07) is 7.67. The summed E-state index contributed by atoms with van der Waals surface area (Å²) in [5.74, 6) is -0.665. The summed E-state index contributed by atoms with van der Waals surface area (Å²) in [5.41, 5.74) is 2.00. The maximum atomic E-state index is 12.4. The SMILES string of the molecule is Cc1ccccc1CC(=O)N1C[C@@H](CS(=O)(=O)N(C)C)[C@@H](O)C1. The molecule has 128 valence electrons. The Balaban J connectivity index is 2.01. The average molecular weight is 340 g/mol. The van der Waals surface area contributed by atoms with Crippen LogP contribution in [0.25, 0.3) is 0 Å². The second kappa shape index (κ2) is 6.98. The van der Waals surface area contributed by atoms with Crippen molar-refractivity contribution in [1.82, 2.24) is 9.21 Å². The molecule has 1 aromatic carbocycles. The third-order valence-corrected chi connectivity index (χ3v) is 6.31. The molecule has 2 rings (SSSR count). The Bertz CT molecular complexity index is 672. The number of aliphatic hydroxyl groups is 1. The van der Waals surface area contributed by atoms with Crippen LogP contribution in [0.4, 0.5) is 0 Å². The van der Waals surface area contributed by atoms with Gasteiger partial charge in [-0.2, -0.15) is 0 Å². The fourth-order valence-electron chi connectivity index (χ4n) is 2.72. The van der Waals surface area contributed by atoms with Crippen molar-refractivity contribution >= 4 is 15.9 Å². The molecule has 1 N–H and O–H groups in total. The number of aliphatic hydroxyl groups excluding tert-OH is 1. The summed E-state index contributed by atoms with van der Waals surface area (Å²) in [6.45, 7) is 2.42. The molecule has 0 unspecified atom stereocenters. The number of hydrogen-bond acceptors (Lipinski definition) is 4. The third-order valence-electron chi connectivity index (χ3n) is 4.34. The first-order valence-electron chi connectivity index (χ1n) is 7.61. The molecule has 1 aliphatic heterocycles. The first-order valence-corrected chi connectivity index (χ1v) is 9.22. The van der Waals surface area contributed by atoms with E-state index in [9.17, 15) is 18.3 Å². The van der Waals surface area contributed by atoms with Gasteiger partial charge in [-0.25, -0.2) is 12.7 Å². The van der Waals surface area contributed by atoms with Crippen molar-refractivity contribution in [3.8, 4) is 0 Å². The minimum Gasteiger partial charge on any atom is -0.391 e. The predicted octanol–water partition coefficient (Wildman–Crippen LogP) is 0.248. The highest BCUT2D eigenvalue weighted by Gasteiger charge is 2.37. The van der Waals surface area contributed by atoms with E-state index in [0.29, 0.717) is 0 Å². The van der Waals surface area contributed by atoms with Gasteiger partial charge in [0.2, 0.25) is 15.9 Å². The van der Waals surface area contributed by atoms with Gasteiger partial charge in [0, 0.05) is 33.1 Å². The number of carbonyl (C=O) groups is 1.